The molecule has 14 heteroatoms. The maximum Gasteiger partial charge on any atom is 0.302 e. The second kappa shape index (κ2) is 11.2. The summed E-state index contributed by atoms with van der Waals surface area (Å²) >= 11 is 14.3. The average molecular weight is 504 g/mol. The van der Waals surface area contributed by atoms with E-state index in [0.717, 1.165) is 0 Å². The van der Waals surface area contributed by atoms with Crippen molar-refractivity contribution in [2.45, 2.75) is 25.8 Å². The molecular formula is C15H22ClN3O6S4. The molecule has 1 amide bonds. The Morgan fingerprint density at radius 1 is 1.41 bits per heavy atom. The number of nitrogens with zero attached hydrogens (tertiary/aromatic N) is 2. The Morgan fingerprint density at radius 2 is 2.14 bits per heavy atom. The van der Waals surface area contributed by atoms with Gasteiger partial charge in [0.15, 0.2) is 0 Å². The Labute approximate surface area is 188 Å². The van der Waals surface area contributed by atoms with Crippen LogP contribution in [0.3, 0.4) is 0 Å². The van der Waals surface area contributed by atoms with Crippen LogP contribution >= 0.6 is 47.3 Å². The summed E-state index contributed by atoms with van der Waals surface area (Å²) in [5.41, 5.74) is 1.96. The lowest BCUT2D eigenvalue weighted by Gasteiger charge is -2.23. The molecule has 0 radical (unpaired) electrons. The monoisotopic (exact) mass is 503 g/mol. The lowest BCUT2D eigenvalue weighted by Crippen LogP contribution is -2.33. The van der Waals surface area contributed by atoms with Crippen molar-refractivity contribution in [2.24, 2.45) is 0 Å². The lowest BCUT2D eigenvalue weighted by atomic mass is 10.4. The van der Waals surface area contributed by atoms with Gasteiger partial charge in [-0.1, -0.05) is 42.5 Å². The fourth-order valence-corrected chi connectivity index (χ4v) is 6.46. The topological polar surface area (TPSA) is 105 Å². The van der Waals surface area contributed by atoms with E-state index in [-0.39, 0.29) is 36.7 Å². The summed E-state index contributed by atoms with van der Waals surface area (Å²) in [7, 11) is -3.68. The van der Waals surface area contributed by atoms with Crippen molar-refractivity contribution in [3.05, 3.63) is 9.93 Å². The minimum atomic E-state index is -3.68. The zero-order chi connectivity index (χ0) is 21.6. The fraction of sp³-hybridized carbons (Fsp3) is 0.667. The molecule has 1 atom stereocenters. The zero-order valence-corrected chi connectivity index (χ0v) is 19.9. The largest absolute Gasteiger partial charge is 0.464 e. The first kappa shape index (κ1) is 24.7. The van der Waals surface area contributed by atoms with Crippen molar-refractivity contribution >= 4 is 73.7 Å². The summed E-state index contributed by atoms with van der Waals surface area (Å²) in [6, 6.07) is 0. The van der Waals surface area contributed by atoms with E-state index in [1.165, 1.54) is 35.3 Å². The smallest absolute Gasteiger partial charge is 0.302 e. The fourth-order valence-electron chi connectivity index (χ4n) is 2.49. The van der Waals surface area contributed by atoms with E-state index in [2.05, 4.69) is 9.76 Å². The van der Waals surface area contributed by atoms with Gasteiger partial charge in [-0.15, -0.1) is 11.8 Å². The molecule has 0 spiro atoms. The molecule has 0 aromatic rings. The number of halogens is 1. The van der Waals surface area contributed by atoms with Crippen LogP contribution in [0.5, 0.6) is 0 Å². The summed E-state index contributed by atoms with van der Waals surface area (Å²) in [4.78, 5) is 27.4. The van der Waals surface area contributed by atoms with Gasteiger partial charge in [0.1, 0.15) is 21.3 Å². The van der Waals surface area contributed by atoms with Gasteiger partial charge in [-0.25, -0.2) is 0 Å². The molecular weight excluding hydrogens is 482 g/mol. The van der Waals surface area contributed by atoms with Crippen molar-refractivity contribution in [3.63, 3.8) is 0 Å². The van der Waals surface area contributed by atoms with Crippen LogP contribution < -0.4 is 5.48 Å². The maximum atomic E-state index is 12.8. The highest BCUT2D eigenvalue weighted by atomic mass is 35.5. The summed E-state index contributed by atoms with van der Waals surface area (Å²) in [5, 5.41) is 0.683. The molecule has 164 valence electrons. The minimum absolute atomic E-state index is 0.0586. The molecule has 0 bridgehead atoms. The van der Waals surface area contributed by atoms with Crippen LogP contribution in [0.25, 0.3) is 0 Å². The van der Waals surface area contributed by atoms with E-state index in [1.54, 1.807) is 6.92 Å². The highest BCUT2D eigenvalue weighted by Crippen LogP contribution is 2.43. The molecule has 2 fully saturated rings. The number of thiocarbonyl (C=S) groups is 1. The molecule has 0 aromatic carbocycles. The Kier molecular flexibility index (Phi) is 9.51. The molecule has 2 saturated heterocycles. The summed E-state index contributed by atoms with van der Waals surface area (Å²) in [6.45, 7) is 3.98. The van der Waals surface area contributed by atoms with Gasteiger partial charge in [-0.2, -0.15) is 18.2 Å². The Morgan fingerprint density at radius 3 is 2.79 bits per heavy atom. The molecule has 0 aliphatic carbocycles. The number of rotatable bonds is 10. The zero-order valence-electron chi connectivity index (χ0n) is 15.9. The highest BCUT2D eigenvalue weighted by molar-refractivity contribution is 8.27. The van der Waals surface area contributed by atoms with E-state index in [9.17, 15) is 18.0 Å². The number of alkyl halides is 1. The number of nitrogens with one attached hydrogen (secondary N) is 1. The minimum Gasteiger partial charge on any atom is -0.464 e. The first-order chi connectivity index (χ1) is 13.7. The van der Waals surface area contributed by atoms with Crippen LogP contribution in [0.15, 0.2) is 9.93 Å². The van der Waals surface area contributed by atoms with Gasteiger partial charge in [0, 0.05) is 25.8 Å². The second-order valence-corrected chi connectivity index (χ2v) is 10.8. The molecule has 1 N–H and O–H groups in total. The number of thioether (sulfide) groups is 2. The lowest BCUT2D eigenvalue weighted by molar-refractivity contribution is -0.142. The number of hydroxylamine groups is 1. The van der Waals surface area contributed by atoms with Crippen molar-refractivity contribution < 1.29 is 27.0 Å². The van der Waals surface area contributed by atoms with E-state index in [0.29, 0.717) is 33.1 Å². The van der Waals surface area contributed by atoms with Gasteiger partial charge in [0.2, 0.25) is 0 Å². The van der Waals surface area contributed by atoms with Crippen molar-refractivity contribution in [2.75, 3.05) is 37.7 Å². The highest BCUT2D eigenvalue weighted by Gasteiger charge is 2.39. The molecule has 2 aliphatic heterocycles. The van der Waals surface area contributed by atoms with E-state index in [4.69, 9.17) is 28.6 Å². The standard InChI is InChI=1S/C15H22ClN3O6S4/c1-3-17-25-29(22,23)8-4-5-18-11(16)9-27-14(18)12-13(21)19(15(26)28-12)6-7-24-10(2)20/h11,17H,3-9H2,1-2H3/b14-12-. The molecule has 2 aliphatic rings. The van der Waals surface area contributed by atoms with Crippen LogP contribution in [0.4, 0.5) is 0 Å². The van der Waals surface area contributed by atoms with Gasteiger partial charge in [0.05, 0.1) is 17.3 Å². The summed E-state index contributed by atoms with van der Waals surface area (Å²) < 4.78 is 33.5. The predicted octanol–water partition coefficient (Wildman–Crippen LogP) is 1.45. The first-order valence-electron chi connectivity index (χ1n) is 8.75. The third kappa shape index (κ3) is 6.97. The number of esters is 1. The number of amides is 1. The van der Waals surface area contributed by atoms with Crippen LogP contribution in [0.2, 0.25) is 0 Å². The molecule has 1 unspecified atom stereocenters. The Balaban J connectivity index is 2.03. The van der Waals surface area contributed by atoms with Crippen LogP contribution in [-0.4, -0.2) is 77.7 Å². The third-order valence-corrected chi connectivity index (χ3v) is 8.24. The Hall–Kier alpha value is -0.570. The predicted molar refractivity (Wildman–Crippen MR) is 118 cm³/mol. The normalized spacial score (nSPS) is 22.7. The van der Waals surface area contributed by atoms with Gasteiger partial charge in [-0.3, -0.25) is 14.5 Å². The summed E-state index contributed by atoms with van der Waals surface area (Å²) in [6.07, 6.45) is 0.285. The third-order valence-electron chi connectivity index (χ3n) is 3.74. The number of hydrogen-bond acceptors (Lipinski definition) is 11. The molecule has 0 aromatic heterocycles. The van der Waals surface area contributed by atoms with Gasteiger partial charge in [0.25, 0.3) is 16.0 Å². The quantitative estimate of drug-likeness (QED) is 0.117. The average Bonchev–Trinajstić information content (AvgIpc) is 3.13. The molecule has 2 heterocycles. The van der Waals surface area contributed by atoms with Crippen LogP contribution in [0, 0.1) is 0 Å². The van der Waals surface area contributed by atoms with E-state index in [1.807, 2.05) is 4.90 Å². The first-order valence-corrected chi connectivity index (χ1v) is 13.0. The molecule has 9 nitrogen and oxygen atoms in total. The van der Waals surface area contributed by atoms with Gasteiger partial charge < -0.3 is 9.64 Å². The second-order valence-electron chi connectivity index (χ2n) is 5.93. The van der Waals surface area contributed by atoms with Crippen LogP contribution in [-0.2, 0) is 28.7 Å². The van der Waals surface area contributed by atoms with E-state index < -0.39 is 16.1 Å². The molecule has 0 saturated carbocycles. The van der Waals surface area contributed by atoms with Gasteiger partial charge >= 0.3 is 5.97 Å². The number of carbonyl (C=O) groups excluding carboxylic acids is 2. The number of carbonyl (C=O) groups is 2. The van der Waals surface area contributed by atoms with Gasteiger partial charge in [-0.05, 0) is 6.42 Å². The molecule has 29 heavy (non-hydrogen) atoms. The van der Waals surface area contributed by atoms with E-state index >= 15 is 0 Å². The van der Waals surface area contributed by atoms with Crippen LogP contribution in [0.1, 0.15) is 20.3 Å². The SMILES string of the molecule is CCNOS(=O)(=O)CCCN1/C(=C2/SC(=S)N(CCOC(C)=O)C2=O)SCC1Cl. The van der Waals surface area contributed by atoms with Crippen molar-refractivity contribution in [1.82, 2.24) is 15.3 Å². The number of ether oxygens (including phenoxy) is 1. The van der Waals surface area contributed by atoms with Crippen molar-refractivity contribution in [3.8, 4) is 0 Å². The van der Waals surface area contributed by atoms with Crippen molar-refractivity contribution in [1.29, 1.82) is 0 Å². The molecule has 2 rings (SSSR count). The summed E-state index contributed by atoms with van der Waals surface area (Å²) in [5.74, 6) is -0.311. The Bertz CT molecular complexity index is 791. The number of hydrogen-bond donors (Lipinski definition) is 1. The maximum absolute atomic E-state index is 12.8.